The normalized spacial score (nSPS) is 10.3. The molecule has 6 nitrogen and oxygen atoms in total. The van der Waals surface area contributed by atoms with E-state index in [0.717, 1.165) is 19.3 Å². The molecule has 2 rings (SSSR count). The molecule has 1 N–H and O–H groups in total. The molecule has 0 aliphatic heterocycles. The van der Waals surface area contributed by atoms with E-state index in [9.17, 15) is 14.4 Å². The van der Waals surface area contributed by atoms with E-state index in [4.69, 9.17) is 16.3 Å². The van der Waals surface area contributed by atoms with Gasteiger partial charge in [-0.2, -0.15) is 0 Å². The lowest BCUT2D eigenvalue weighted by atomic mass is 10.1. The van der Waals surface area contributed by atoms with Gasteiger partial charge in [0.05, 0.1) is 5.56 Å². The Balaban J connectivity index is 1.85. The number of rotatable bonds is 9. The Morgan fingerprint density at radius 2 is 1.85 bits per heavy atom. The summed E-state index contributed by atoms with van der Waals surface area (Å²) >= 11 is 5.82. The Morgan fingerprint density at radius 1 is 1.11 bits per heavy atom. The average molecular weight is 389 g/mol. The number of benzene rings is 1. The molecule has 0 aliphatic carbocycles. The highest BCUT2D eigenvalue weighted by atomic mass is 35.5. The fraction of sp³-hybridized carbons (Fsp3) is 0.300. The van der Waals surface area contributed by atoms with Gasteiger partial charge in [-0.25, -0.2) is 9.78 Å². The first-order chi connectivity index (χ1) is 13.0. The number of pyridine rings is 1. The number of carbonyl (C=O) groups excluding carboxylic acids is 3. The van der Waals surface area contributed by atoms with Crippen LogP contribution in [0.3, 0.4) is 0 Å². The number of nitrogens with one attached hydrogen (secondary N) is 1. The van der Waals surface area contributed by atoms with Crippen molar-refractivity contribution >= 4 is 34.9 Å². The van der Waals surface area contributed by atoms with Crippen molar-refractivity contribution in [2.45, 2.75) is 32.6 Å². The van der Waals surface area contributed by atoms with Gasteiger partial charge in [0.15, 0.2) is 12.4 Å². The van der Waals surface area contributed by atoms with Crippen LogP contribution in [0, 0.1) is 0 Å². The van der Waals surface area contributed by atoms with Crippen molar-refractivity contribution in [2.75, 3.05) is 11.9 Å². The number of Topliss-reactive ketones (excluding diaryl/α,β-unsaturated/α-hetero) is 1. The van der Waals surface area contributed by atoms with Gasteiger partial charge in [-0.15, -0.1) is 0 Å². The lowest BCUT2D eigenvalue weighted by Crippen LogP contribution is -2.15. The van der Waals surface area contributed by atoms with Gasteiger partial charge in [-0.1, -0.05) is 31.4 Å². The van der Waals surface area contributed by atoms with Crippen LogP contribution in [0.25, 0.3) is 0 Å². The highest BCUT2D eigenvalue weighted by molar-refractivity contribution is 6.32. The summed E-state index contributed by atoms with van der Waals surface area (Å²) in [5, 5.41) is 2.81. The van der Waals surface area contributed by atoms with E-state index < -0.39 is 12.6 Å². The minimum Gasteiger partial charge on any atom is -0.454 e. The van der Waals surface area contributed by atoms with Crippen LogP contribution in [-0.4, -0.2) is 29.3 Å². The Bertz CT molecular complexity index is 806. The lowest BCUT2D eigenvalue weighted by Gasteiger charge is -2.07. The van der Waals surface area contributed by atoms with E-state index in [1.54, 1.807) is 30.3 Å². The van der Waals surface area contributed by atoms with Crippen LogP contribution in [0.2, 0.25) is 5.15 Å². The highest BCUT2D eigenvalue weighted by Crippen LogP contribution is 2.14. The van der Waals surface area contributed by atoms with E-state index in [1.165, 1.54) is 12.3 Å². The summed E-state index contributed by atoms with van der Waals surface area (Å²) < 4.78 is 4.99. The van der Waals surface area contributed by atoms with Gasteiger partial charge in [0.1, 0.15) is 5.15 Å². The van der Waals surface area contributed by atoms with E-state index in [2.05, 4.69) is 17.2 Å². The highest BCUT2D eigenvalue weighted by Gasteiger charge is 2.15. The molecule has 0 unspecified atom stereocenters. The summed E-state index contributed by atoms with van der Waals surface area (Å²) in [6.07, 6.45) is 4.85. The van der Waals surface area contributed by atoms with Crippen molar-refractivity contribution in [1.29, 1.82) is 0 Å². The summed E-state index contributed by atoms with van der Waals surface area (Å²) in [5.41, 5.74) is 1.10. The Morgan fingerprint density at radius 3 is 2.52 bits per heavy atom. The predicted molar refractivity (Wildman–Crippen MR) is 103 cm³/mol. The van der Waals surface area contributed by atoms with Gasteiger partial charge in [0.2, 0.25) is 5.91 Å². The van der Waals surface area contributed by atoms with Crippen molar-refractivity contribution < 1.29 is 19.1 Å². The van der Waals surface area contributed by atoms with Gasteiger partial charge < -0.3 is 10.1 Å². The minimum absolute atomic E-state index is 0.0222. The van der Waals surface area contributed by atoms with Gasteiger partial charge in [0, 0.05) is 23.9 Å². The van der Waals surface area contributed by atoms with Crippen LogP contribution < -0.4 is 5.32 Å². The van der Waals surface area contributed by atoms with E-state index in [-0.39, 0.29) is 22.4 Å². The second-order valence-corrected chi connectivity index (χ2v) is 6.28. The van der Waals surface area contributed by atoms with Crippen molar-refractivity contribution in [1.82, 2.24) is 4.98 Å². The number of carbonyl (C=O) groups is 3. The molecule has 27 heavy (non-hydrogen) atoms. The number of hydrogen-bond donors (Lipinski definition) is 1. The molecule has 142 valence electrons. The number of unbranched alkanes of at least 4 members (excludes halogenated alkanes) is 2. The van der Waals surface area contributed by atoms with Crippen LogP contribution >= 0.6 is 11.6 Å². The summed E-state index contributed by atoms with van der Waals surface area (Å²) in [6.45, 7) is 1.67. The van der Waals surface area contributed by atoms with Crippen molar-refractivity contribution in [3.63, 3.8) is 0 Å². The summed E-state index contributed by atoms with van der Waals surface area (Å²) in [5.74, 6) is -1.12. The molecule has 0 radical (unpaired) electrons. The molecule has 7 heteroatoms. The standard InChI is InChI=1S/C20H21ClN2O4/c1-2-3-4-7-18(25)23-15-10-8-14(9-11-15)17(24)13-27-20(26)16-6-5-12-22-19(16)21/h5-6,8-12H,2-4,7,13H2,1H3,(H,23,25). The lowest BCUT2D eigenvalue weighted by molar-refractivity contribution is -0.116. The molecule has 0 bridgehead atoms. The number of ether oxygens (including phenoxy) is 1. The average Bonchev–Trinajstić information content (AvgIpc) is 2.67. The quantitative estimate of drug-likeness (QED) is 0.299. The monoisotopic (exact) mass is 388 g/mol. The van der Waals surface area contributed by atoms with E-state index in [0.29, 0.717) is 17.7 Å². The fourth-order valence-corrected chi connectivity index (χ4v) is 2.53. The number of hydrogen-bond acceptors (Lipinski definition) is 5. The molecular weight excluding hydrogens is 368 g/mol. The summed E-state index contributed by atoms with van der Waals surface area (Å²) in [6, 6.07) is 9.47. The maximum Gasteiger partial charge on any atom is 0.341 e. The predicted octanol–water partition coefficient (Wildman–Crippen LogP) is 4.29. The third-order valence-corrected chi connectivity index (χ3v) is 4.11. The van der Waals surface area contributed by atoms with Crippen molar-refractivity contribution in [3.05, 3.63) is 58.9 Å². The van der Waals surface area contributed by atoms with Gasteiger partial charge in [-0.3, -0.25) is 9.59 Å². The maximum absolute atomic E-state index is 12.2. The third kappa shape index (κ3) is 6.49. The number of ketones is 1. The molecule has 2 aromatic rings. The molecule has 0 spiro atoms. The number of anilines is 1. The SMILES string of the molecule is CCCCCC(=O)Nc1ccc(C(=O)COC(=O)c2cccnc2Cl)cc1. The van der Waals surface area contributed by atoms with E-state index in [1.807, 2.05) is 0 Å². The molecule has 1 heterocycles. The van der Waals surface area contributed by atoms with Crippen LogP contribution in [0.1, 0.15) is 53.3 Å². The van der Waals surface area contributed by atoms with Crippen molar-refractivity contribution in [2.24, 2.45) is 0 Å². The van der Waals surface area contributed by atoms with Gasteiger partial charge >= 0.3 is 5.97 Å². The fourth-order valence-electron chi connectivity index (χ4n) is 2.33. The molecule has 0 saturated carbocycles. The van der Waals surface area contributed by atoms with Gasteiger partial charge in [-0.05, 0) is 42.8 Å². The number of aromatic nitrogens is 1. The molecule has 0 fully saturated rings. The number of amides is 1. The first kappa shape index (κ1) is 20.6. The van der Waals surface area contributed by atoms with E-state index >= 15 is 0 Å². The zero-order valence-corrected chi connectivity index (χ0v) is 15.8. The molecule has 1 amide bonds. The molecule has 0 aliphatic rings. The summed E-state index contributed by atoms with van der Waals surface area (Å²) in [7, 11) is 0. The zero-order chi connectivity index (χ0) is 19.6. The van der Waals surface area contributed by atoms with Crippen LogP contribution in [0.15, 0.2) is 42.6 Å². The third-order valence-electron chi connectivity index (χ3n) is 3.81. The largest absolute Gasteiger partial charge is 0.454 e. The Labute approximate surface area is 162 Å². The van der Waals surface area contributed by atoms with Crippen LogP contribution in [0.5, 0.6) is 0 Å². The molecule has 0 atom stereocenters. The Kier molecular flexibility index (Phi) is 7.95. The smallest absolute Gasteiger partial charge is 0.341 e. The topological polar surface area (TPSA) is 85.4 Å². The second kappa shape index (κ2) is 10.4. The van der Waals surface area contributed by atoms with Gasteiger partial charge in [0.25, 0.3) is 0 Å². The number of halogens is 1. The van der Waals surface area contributed by atoms with Crippen LogP contribution in [0.4, 0.5) is 5.69 Å². The minimum atomic E-state index is -0.711. The molecule has 1 aromatic heterocycles. The second-order valence-electron chi connectivity index (χ2n) is 5.92. The summed E-state index contributed by atoms with van der Waals surface area (Å²) in [4.78, 5) is 39.7. The number of esters is 1. The van der Waals surface area contributed by atoms with Crippen molar-refractivity contribution in [3.8, 4) is 0 Å². The maximum atomic E-state index is 12.2. The zero-order valence-electron chi connectivity index (χ0n) is 15.0. The Hall–Kier alpha value is -2.73. The first-order valence-electron chi connectivity index (χ1n) is 8.72. The van der Waals surface area contributed by atoms with Crippen LogP contribution in [-0.2, 0) is 9.53 Å². The molecule has 0 saturated heterocycles. The molecule has 1 aromatic carbocycles. The number of nitrogens with zero attached hydrogens (tertiary/aromatic N) is 1. The molecular formula is C20H21ClN2O4. The first-order valence-corrected chi connectivity index (χ1v) is 9.09.